The fraction of sp³-hybridized carbons (Fsp3) is 0.846. The van der Waals surface area contributed by atoms with Gasteiger partial charge in [0, 0.05) is 13.0 Å². The number of hydrogen-bond donors (Lipinski definition) is 2. The average molecular weight is 318 g/mol. The lowest BCUT2D eigenvalue weighted by atomic mass is 10.0. The van der Waals surface area contributed by atoms with Gasteiger partial charge in [0.05, 0.1) is 23.6 Å². The molecule has 2 heterocycles. The van der Waals surface area contributed by atoms with Gasteiger partial charge in [-0.05, 0) is 32.2 Å². The van der Waals surface area contributed by atoms with E-state index < -0.39 is 21.3 Å². The van der Waals surface area contributed by atoms with Crippen molar-refractivity contribution in [3.8, 4) is 0 Å². The maximum absolute atomic E-state index is 12.0. The van der Waals surface area contributed by atoms with Crippen LogP contribution >= 0.6 is 0 Å². The largest absolute Gasteiger partial charge is 0.481 e. The molecule has 0 saturated carbocycles. The van der Waals surface area contributed by atoms with Gasteiger partial charge in [0.2, 0.25) is 5.91 Å². The number of aliphatic carboxylic acids is 1. The minimum atomic E-state index is -3.04. The molecule has 2 rings (SSSR count). The molecule has 8 heteroatoms. The summed E-state index contributed by atoms with van der Waals surface area (Å²) in [7, 11) is -3.04. The summed E-state index contributed by atoms with van der Waals surface area (Å²) in [6.45, 7) is 3.27. The van der Waals surface area contributed by atoms with E-state index in [0.29, 0.717) is 19.5 Å². The van der Waals surface area contributed by atoms with E-state index in [-0.39, 0.29) is 36.3 Å². The van der Waals surface area contributed by atoms with Crippen LogP contribution in [0.25, 0.3) is 0 Å². The highest BCUT2D eigenvalue weighted by atomic mass is 32.2. The number of carbonyl (C=O) groups excluding carboxylic acids is 1. The van der Waals surface area contributed by atoms with Crippen molar-refractivity contribution in [2.45, 2.75) is 31.7 Å². The van der Waals surface area contributed by atoms with Gasteiger partial charge in [0.15, 0.2) is 9.84 Å². The number of rotatable bonds is 5. The van der Waals surface area contributed by atoms with Crippen LogP contribution in [0.4, 0.5) is 0 Å². The van der Waals surface area contributed by atoms with Crippen molar-refractivity contribution in [1.82, 2.24) is 10.2 Å². The molecule has 0 bridgehead atoms. The highest BCUT2D eigenvalue weighted by Gasteiger charge is 2.39. The standard InChI is InChI=1S/C13H22N2O5S/c1-13(3-5-21(19,20)9-13)14-11(16)8-15-4-2-10(7-15)6-12(17)18/h10H,2-9H2,1H3,(H,14,16)(H,17,18). The van der Waals surface area contributed by atoms with Gasteiger partial charge in [-0.15, -0.1) is 0 Å². The monoisotopic (exact) mass is 318 g/mol. The number of carboxylic acid groups (broad SMARTS) is 1. The molecule has 2 aliphatic heterocycles. The molecule has 0 aliphatic carbocycles. The SMILES string of the molecule is CC1(NC(=O)CN2CCC(CC(=O)O)C2)CCS(=O)(=O)C1. The molecule has 120 valence electrons. The quantitative estimate of drug-likeness (QED) is 0.707. The Balaban J connectivity index is 1.79. The zero-order chi connectivity index (χ0) is 15.7. The molecular formula is C13H22N2O5S. The Morgan fingerprint density at radius 3 is 2.71 bits per heavy atom. The second kappa shape index (κ2) is 5.92. The summed E-state index contributed by atoms with van der Waals surface area (Å²) in [5, 5.41) is 11.6. The van der Waals surface area contributed by atoms with Crippen LogP contribution in [-0.4, -0.2) is 67.0 Å². The van der Waals surface area contributed by atoms with Crippen LogP contribution in [-0.2, 0) is 19.4 Å². The lowest BCUT2D eigenvalue weighted by Crippen LogP contribution is -2.50. The lowest BCUT2D eigenvalue weighted by molar-refractivity contribution is -0.138. The van der Waals surface area contributed by atoms with Crippen molar-refractivity contribution in [1.29, 1.82) is 0 Å². The third-order valence-electron chi connectivity index (χ3n) is 4.15. The van der Waals surface area contributed by atoms with E-state index in [4.69, 9.17) is 5.11 Å². The summed E-state index contributed by atoms with van der Waals surface area (Å²) in [4.78, 5) is 24.6. The number of hydrogen-bond acceptors (Lipinski definition) is 5. The predicted molar refractivity (Wildman–Crippen MR) is 76.6 cm³/mol. The summed E-state index contributed by atoms with van der Waals surface area (Å²) in [5.74, 6) is -0.792. The highest BCUT2D eigenvalue weighted by molar-refractivity contribution is 7.91. The lowest BCUT2D eigenvalue weighted by Gasteiger charge is -2.25. The summed E-state index contributed by atoms with van der Waals surface area (Å²) in [6.07, 6.45) is 1.36. The first-order valence-electron chi connectivity index (χ1n) is 7.13. The second-order valence-corrected chi connectivity index (χ2v) is 8.62. The van der Waals surface area contributed by atoms with E-state index in [1.54, 1.807) is 6.92 Å². The molecule has 2 fully saturated rings. The van der Waals surface area contributed by atoms with E-state index in [2.05, 4.69) is 5.32 Å². The van der Waals surface area contributed by atoms with E-state index >= 15 is 0 Å². The predicted octanol–water partition coefficient (Wildman–Crippen LogP) is -0.524. The van der Waals surface area contributed by atoms with Gasteiger partial charge >= 0.3 is 5.97 Å². The Hall–Kier alpha value is -1.15. The van der Waals surface area contributed by atoms with Gasteiger partial charge in [-0.3, -0.25) is 14.5 Å². The number of nitrogens with one attached hydrogen (secondary N) is 1. The maximum Gasteiger partial charge on any atom is 0.303 e. The molecule has 2 atom stereocenters. The van der Waals surface area contributed by atoms with Crippen molar-refractivity contribution in [3.05, 3.63) is 0 Å². The molecule has 0 aromatic rings. The van der Waals surface area contributed by atoms with Crippen LogP contribution < -0.4 is 5.32 Å². The first-order chi connectivity index (χ1) is 9.67. The van der Waals surface area contributed by atoms with E-state index in [9.17, 15) is 18.0 Å². The van der Waals surface area contributed by atoms with E-state index in [0.717, 1.165) is 6.42 Å². The molecule has 7 nitrogen and oxygen atoms in total. The minimum Gasteiger partial charge on any atom is -0.481 e. The molecule has 0 aromatic carbocycles. The molecular weight excluding hydrogens is 296 g/mol. The van der Waals surface area contributed by atoms with Gasteiger partial charge in [-0.1, -0.05) is 0 Å². The first-order valence-corrected chi connectivity index (χ1v) is 8.95. The van der Waals surface area contributed by atoms with Crippen molar-refractivity contribution in [3.63, 3.8) is 0 Å². The van der Waals surface area contributed by atoms with Crippen molar-refractivity contribution < 1.29 is 23.1 Å². The number of likely N-dealkylation sites (tertiary alicyclic amines) is 1. The van der Waals surface area contributed by atoms with Crippen molar-refractivity contribution in [2.24, 2.45) is 5.92 Å². The summed E-state index contributed by atoms with van der Waals surface area (Å²) in [6, 6.07) is 0. The number of amides is 1. The van der Waals surface area contributed by atoms with Crippen LogP contribution in [0.1, 0.15) is 26.2 Å². The Morgan fingerprint density at radius 2 is 2.14 bits per heavy atom. The molecule has 0 radical (unpaired) electrons. The summed E-state index contributed by atoms with van der Waals surface area (Å²) in [5.41, 5.74) is -0.671. The minimum absolute atomic E-state index is 0.00657. The normalized spacial score (nSPS) is 32.1. The van der Waals surface area contributed by atoms with Crippen LogP contribution in [0.3, 0.4) is 0 Å². The first kappa shape index (κ1) is 16.2. The van der Waals surface area contributed by atoms with Gasteiger partial charge in [0.25, 0.3) is 0 Å². The fourth-order valence-electron chi connectivity index (χ4n) is 3.16. The number of sulfone groups is 1. The molecule has 2 N–H and O–H groups in total. The maximum atomic E-state index is 12.0. The second-order valence-electron chi connectivity index (χ2n) is 6.44. The molecule has 2 aliphatic rings. The molecule has 1 amide bonds. The third-order valence-corrected chi connectivity index (χ3v) is 6.05. The zero-order valence-corrected chi connectivity index (χ0v) is 13.0. The Bertz CT molecular complexity index is 533. The van der Waals surface area contributed by atoms with Gasteiger partial charge < -0.3 is 10.4 Å². The topological polar surface area (TPSA) is 104 Å². The summed E-state index contributed by atoms with van der Waals surface area (Å²) < 4.78 is 23.0. The Labute approximate surface area is 124 Å². The smallest absolute Gasteiger partial charge is 0.303 e. The van der Waals surface area contributed by atoms with Gasteiger partial charge in [-0.25, -0.2) is 8.42 Å². The van der Waals surface area contributed by atoms with Crippen LogP contribution in [0.15, 0.2) is 0 Å². The third kappa shape index (κ3) is 4.67. The summed E-state index contributed by atoms with van der Waals surface area (Å²) >= 11 is 0. The van der Waals surface area contributed by atoms with E-state index in [1.807, 2.05) is 4.90 Å². The highest BCUT2D eigenvalue weighted by Crippen LogP contribution is 2.23. The van der Waals surface area contributed by atoms with Crippen LogP contribution in [0.5, 0.6) is 0 Å². The Kier molecular flexibility index (Phi) is 4.57. The fourth-order valence-corrected chi connectivity index (χ4v) is 5.25. The van der Waals surface area contributed by atoms with Crippen LogP contribution in [0.2, 0.25) is 0 Å². The number of carbonyl (C=O) groups is 2. The molecule has 2 saturated heterocycles. The van der Waals surface area contributed by atoms with E-state index in [1.165, 1.54) is 0 Å². The molecule has 2 unspecified atom stereocenters. The van der Waals surface area contributed by atoms with Crippen molar-refractivity contribution >= 4 is 21.7 Å². The number of carboxylic acids is 1. The van der Waals surface area contributed by atoms with Gasteiger partial charge in [-0.2, -0.15) is 0 Å². The molecule has 21 heavy (non-hydrogen) atoms. The van der Waals surface area contributed by atoms with Crippen molar-refractivity contribution in [2.75, 3.05) is 31.1 Å². The average Bonchev–Trinajstić information content (AvgIpc) is 2.82. The zero-order valence-electron chi connectivity index (χ0n) is 12.2. The number of nitrogens with zero attached hydrogens (tertiary/aromatic N) is 1. The van der Waals surface area contributed by atoms with Crippen LogP contribution in [0, 0.1) is 5.92 Å². The molecule has 0 spiro atoms. The Morgan fingerprint density at radius 1 is 1.43 bits per heavy atom. The molecule has 0 aromatic heterocycles. The van der Waals surface area contributed by atoms with Gasteiger partial charge in [0.1, 0.15) is 0 Å².